The van der Waals surface area contributed by atoms with Gasteiger partial charge in [-0.1, -0.05) is 29.8 Å². The number of rotatable bonds is 4. The van der Waals surface area contributed by atoms with Gasteiger partial charge in [-0.25, -0.2) is 0 Å². The Labute approximate surface area is 117 Å². The van der Waals surface area contributed by atoms with Gasteiger partial charge in [0.25, 0.3) is 0 Å². The fourth-order valence-electron chi connectivity index (χ4n) is 2.09. The van der Waals surface area contributed by atoms with Gasteiger partial charge in [0, 0.05) is 11.9 Å². The van der Waals surface area contributed by atoms with Gasteiger partial charge in [0.2, 0.25) is 0 Å². The second-order valence-corrected chi connectivity index (χ2v) is 5.22. The van der Waals surface area contributed by atoms with Gasteiger partial charge in [-0.2, -0.15) is 5.10 Å². The summed E-state index contributed by atoms with van der Waals surface area (Å²) in [6.45, 7) is 0. The summed E-state index contributed by atoms with van der Waals surface area (Å²) in [5.41, 5.74) is 2.21. The first-order valence-corrected chi connectivity index (χ1v) is 7.27. The molecule has 5 heteroatoms. The van der Waals surface area contributed by atoms with Crippen molar-refractivity contribution in [1.82, 2.24) is 15.1 Å². The fraction of sp³-hybridized carbons (Fsp3) is 0.308. The van der Waals surface area contributed by atoms with Crippen molar-refractivity contribution in [2.75, 3.05) is 13.3 Å². The molecule has 1 N–H and O–H groups in total. The van der Waals surface area contributed by atoms with Gasteiger partial charge < -0.3 is 5.32 Å². The van der Waals surface area contributed by atoms with E-state index in [1.54, 1.807) is 18.0 Å². The fourth-order valence-corrected chi connectivity index (χ4v) is 3.00. The van der Waals surface area contributed by atoms with Crippen molar-refractivity contribution in [1.29, 1.82) is 0 Å². The molecule has 0 bridgehead atoms. The van der Waals surface area contributed by atoms with Gasteiger partial charge in [-0.05, 0) is 24.9 Å². The van der Waals surface area contributed by atoms with Crippen LogP contribution in [-0.4, -0.2) is 23.1 Å². The largest absolute Gasteiger partial charge is 0.308 e. The van der Waals surface area contributed by atoms with Gasteiger partial charge in [0.15, 0.2) is 0 Å². The van der Waals surface area contributed by atoms with Gasteiger partial charge in [0.05, 0.1) is 23.0 Å². The van der Waals surface area contributed by atoms with Gasteiger partial charge in [-0.15, -0.1) is 11.8 Å². The Hall–Kier alpha value is -0.970. The van der Waals surface area contributed by atoms with E-state index in [4.69, 9.17) is 11.6 Å². The van der Waals surface area contributed by atoms with Crippen molar-refractivity contribution in [3.05, 3.63) is 46.7 Å². The average molecular weight is 282 g/mol. The standard InChI is InChI=1S/C13H16ClN3S/c1-15-12(13-10(14)8-16-17(13)2)9-6-4-5-7-11(9)18-3/h4-8,12,15H,1-3H3. The summed E-state index contributed by atoms with van der Waals surface area (Å²) in [6.07, 6.45) is 3.76. The third-order valence-electron chi connectivity index (χ3n) is 2.95. The molecule has 0 spiro atoms. The van der Waals surface area contributed by atoms with E-state index in [0.717, 1.165) is 5.69 Å². The zero-order valence-corrected chi connectivity index (χ0v) is 12.2. The van der Waals surface area contributed by atoms with E-state index in [0.29, 0.717) is 5.02 Å². The van der Waals surface area contributed by atoms with E-state index in [9.17, 15) is 0 Å². The van der Waals surface area contributed by atoms with Crippen LogP contribution in [0.4, 0.5) is 0 Å². The van der Waals surface area contributed by atoms with Crippen LogP contribution in [0.5, 0.6) is 0 Å². The second-order valence-electron chi connectivity index (χ2n) is 3.96. The molecule has 0 aliphatic rings. The van der Waals surface area contributed by atoms with Crippen molar-refractivity contribution in [2.24, 2.45) is 7.05 Å². The third-order valence-corrected chi connectivity index (χ3v) is 4.05. The number of hydrogen-bond acceptors (Lipinski definition) is 3. The quantitative estimate of drug-likeness (QED) is 0.874. The highest BCUT2D eigenvalue weighted by Crippen LogP contribution is 2.32. The van der Waals surface area contributed by atoms with Crippen LogP contribution in [0.15, 0.2) is 35.4 Å². The Morgan fingerprint density at radius 2 is 2.11 bits per heavy atom. The van der Waals surface area contributed by atoms with Crippen LogP contribution in [0.2, 0.25) is 5.02 Å². The molecule has 0 aliphatic heterocycles. The van der Waals surface area contributed by atoms with Crippen molar-refractivity contribution < 1.29 is 0 Å². The number of benzene rings is 1. The molecule has 0 amide bonds. The summed E-state index contributed by atoms with van der Waals surface area (Å²) < 4.78 is 1.82. The summed E-state index contributed by atoms with van der Waals surface area (Å²) in [6, 6.07) is 8.38. The Morgan fingerprint density at radius 3 is 2.67 bits per heavy atom. The lowest BCUT2D eigenvalue weighted by Crippen LogP contribution is -2.21. The molecular formula is C13H16ClN3S. The van der Waals surface area contributed by atoms with Crippen LogP contribution < -0.4 is 5.32 Å². The molecule has 1 aromatic heterocycles. The predicted molar refractivity (Wildman–Crippen MR) is 77.3 cm³/mol. The SMILES string of the molecule is CNC(c1ccccc1SC)c1c(Cl)cnn1C. The van der Waals surface area contributed by atoms with Crippen molar-refractivity contribution in [3.8, 4) is 0 Å². The lowest BCUT2D eigenvalue weighted by Gasteiger charge is -2.20. The molecule has 0 saturated carbocycles. The highest BCUT2D eigenvalue weighted by molar-refractivity contribution is 7.98. The Balaban J connectivity index is 2.52. The third kappa shape index (κ3) is 2.41. The van der Waals surface area contributed by atoms with Crippen LogP contribution in [0.3, 0.4) is 0 Å². The number of aryl methyl sites for hydroxylation is 1. The number of aromatic nitrogens is 2. The topological polar surface area (TPSA) is 29.9 Å². The minimum absolute atomic E-state index is 0.0497. The Kier molecular flexibility index (Phi) is 4.32. The van der Waals surface area contributed by atoms with Crippen molar-refractivity contribution in [3.63, 3.8) is 0 Å². The summed E-state index contributed by atoms with van der Waals surface area (Å²) in [5.74, 6) is 0. The number of nitrogens with zero attached hydrogens (tertiary/aromatic N) is 2. The maximum Gasteiger partial charge on any atom is 0.0837 e. The average Bonchev–Trinajstić information content (AvgIpc) is 2.72. The highest BCUT2D eigenvalue weighted by Gasteiger charge is 2.21. The lowest BCUT2D eigenvalue weighted by atomic mass is 10.0. The Bertz CT molecular complexity index is 519. The van der Waals surface area contributed by atoms with Crippen molar-refractivity contribution in [2.45, 2.75) is 10.9 Å². The number of thioether (sulfide) groups is 1. The summed E-state index contributed by atoms with van der Waals surface area (Å²) in [5, 5.41) is 8.21. The maximum absolute atomic E-state index is 6.23. The molecule has 3 nitrogen and oxygen atoms in total. The molecule has 96 valence electrons. The van der Waals surface area contributed by atoms with Crippen LogP contribution in [0.25, 0.3) is 0 Å². The number of nitrogens with one attached hydrogen (secondary N) is 1. The molecule has 2 aromatic rings. The summed E-state index contributed by atoms with van der Waals surface area (Å²) in [7, 11) is 3.85. The van der Waals surface area contributed by atoms with Crippen LogP contribution in [0, 0.1) is 0 Å². The first kappa shape index (κ1) is 13.5. The predicted octanol–water partition coefficient (Wildman–Crippen LogP) is 3.10. The smallest absolute Gasteiger partial charge is 0.0837 e. The molecule has 0 radical (unpaired) electrons. The normalized spacial score (nSPS) is 12.7. The lowest BCUT2D eigenvalue weighted by molar-refractivity contribution is 0.600. The monoisotopic (exact) mass is 281 g/mol. The first-order valence-electron chi connectivity index (χ1n) is 5.66. The zero-order chi connectivity index (χ0) is 13.1. The maximum atomic E-state index is 6.23. The van der Waals surface area contributed by atoms with Crippen LogP contribution in [-0.2, 0) is 7.05 Å². The van der Waals surface area contributed by atoms with Crippen LogP contribution >= 0.6 is 23.4 Å². The zero-order valence-electron chi connectivity index (χ0n) is 10.6. The summed E-state index contributed by atoms with van der Waals surface area (Å²) >= 11 is 7.97. The Morgan fingerprint density at radius 1 is 1.39 bits per heavy atom. The van der Waals surface area contributed by atoms with Gasteiger partial charge >= 0.3 is 0 Å². The molecule has 18 heavy (non-hydrogen) atoms. The van der Waals surface area contributed by atoms with E-state index in [1.807, 2.05) is 30.9 Å². The minimum Gasteiger partial charge on any atom is -0.308 e. The van der Waals surface area contributed by atoms with E-state index in [-0.39, 0.29) is 6.04 Å². The molecule has 1 atom stereocenters. The minimum atomic E-state index is 0.0497. The van der Waals surface area contributed by atoms with E-state index >= 15 is 0 Å². The number of halogens is 1. The van der Waals surface area contributed by atoms with E-state index in [2.05, 4.69) is 28.8 Å². The molecule has 2 rings (SSSR count). The molecular weight excluding hydrogens is 266 g/mol. The van der Waals surface area contributed by atoms with Gasteiger partial charge in [-0.3, -0.25) is 4.68 Å². The second kappa shape index (κ2) is 5.78. The first-order chi connectivity index (χ1) is 8.69. The molecule has 0 fully saturated rings. The molecule has 1 aromatic carbocycles. The van der Waals surface area contributed by atoms with E-state index in [1.165, 1.54) is 10.5 Å². The molecule has 1 unspecified atom stereocenters. The highest BCUT2D eigenvalue weighted by atomic mass is 35.5. The van der Waals surface area contributed by atoms with Crippen LogP contribution in [0.1, 0.15) is 17.3 Å². The number of hydrogen-bond donors (Lipinski definition) is 1. The van der Waals surface area contributed by atoms with Crippen molar-refractivity contribution >= 4 is 23.4 Å². The molecule has 0 saturated heterocycles. The molecule has 0 aliphatic carbocycles. The van der Waals surface area contributed by atoms with E-state index < -0.39 is 0 Å². The van der Waals surface area contributed by atoms with Gasteiger partial charge in [0.1, 0.15) is 0 Å². The molecule has 1 heterocycles. The summed E-state index contributed by atoms with van der Waals surface area (Å²) in [4.78, 5) is 1.24.